The number of sulfonamides is 1. The number of nitrogens with one attached hydrogen (secondary N) is 2. The number of amides is 1. The van der Waals surface area contributed by atoms with Crippen LogP contribution in [0.1, 0.15) is 37.0 Å². The monoisotopic (exact) mass is 337 g/mol. The topological polar surface area (TPSA) is 78.5 Å². The van der Waals surface area contributed by atoms with Crippen molar-refractivity contribution >= 4 is 15.9 Å². The standard InChI is InChI=1S/C16H23N3O3S/c1-11-12(2)19(10-9-17-11)16(20)13-3-7-15(8-4-13)23(21,22)18-14-5-6-14/h3-4,7-8,11-12,14,17-18H,5-6,9-10H2,1-2H3. The van der Waals surface area contributed by atoms with Gasteiger partial charge in [0.2, 0.25) is 10.0 Å². The first-order valence-electron chi connectivity index (χ1n) is 8.05. The van der Waals surface area contributed by atoms with E-state index in [2.05, 4.69) is 17.0 Å². The van der Waals surface area contributed by atoms with Crippen molar-refractivity contribution in [2.24, 2.45) is 0 Å². The Kier molecular flexibility index (Phi) is 4.44. The SMILES string of the molecule is CC1NCCN(C(=O)c2ccc(S(=O)(=O)NC3CC3)cc2)C1C. The molecule has 1 saturated carbocycles. The molecule has 126 valence electrons. The van der Waals surface area contributed by atoms with E-state index in [-0.39, 0.29) is 28.9 Å². The van der Waals surface area contributed by atoms with Crippen LogP contribution in [0.3, 0.4) is 0 Å². The molecule has 23 heavy (non-hydrogen) atoms. The molecule has 2 unspecified atom stereocenters. The second-order valence-electron chi connectivity index (χ2n) is 6.40. The molecule has 1 amide bonds. The average Bonchev–Trinajstić information content (AvgIpc) is 3.33. The second kappa shape index (κ2) is 6.22. The van der Waals surface area contributed by atoms with Gasteiger partial charge in [0.25, 0.3) is 5.91 Å². The summed E-state index contributed by atoms with van der Waals surface area (Å²) >= 11 is 0. The number of benzene rings is 1. The van der Waals surface area contributed by atoms with E-state index in [1.807, 2.05) is 11.8 Å². The summed E-state index contributed by atoms with van der Waals surface area (Å²) < 4.78 is 26.9. The lowest BCUT2D eigenvalue weighted by Crippen LogP contribution is -2.57. The third kappa shape index (κ3) is 3.57. The number of carbonyl (C=O) groups is 1. The zero-order valence-electron chi connectivity index (χ0n) is 13.5. The molecule has 2 N–H and O–H groups in total. The summed E-state index contributed by atoms with van der Waals surface area (Å²) in [5.74, 6) is -0.0510. The van der Waals surface area contributed by atoms with Gasteiger partial charge in [0.05, 0.1) is 4.90 Å². The normalized spacial score (nSPS) is 25.4. The average molecular weight is 337 g/mol. The molecule has 0 radical (unpaired) electrons. The molecule has 1 aliphatic carbocycles. The van der Waals surface area contributed by atoms with Crippen LogP contribution in [0.2, 0.25) is 0 Å². The van der Waals surface area contributed by atoms with Gasteiger partial charge >= 0.3 is 0 Å². The molecule has 1 heterocycles. The Hall–Kier alpha value is -1.44. The van der Waals surface area contributed by atoms with Crippen molar-refractivity contribution in [1.29, 1.82) is 0 Å². The van der Waals surface area contributed by atoms with Gasteiger partial charge in [-0.05, 0) is 51.0 Å². The molecule has 0 aromatic heterocycles. The van der Waals surface area contributed by atoms with Crippen molar-refractivity contribution < 1.29 is 13.2 Å². The smallest absolute Gasteiger partial charge is 0.254 e. The van der Waals surface area contributed by atoms with Crippen molar-refractivity contribution in [1.82, 2.24) is 14.9 Å². The highest BCUT2D eigenvalue weighted by Crippen LogP contribution is 2.22. The summed E-state index contributed by atoms with van der Waals surface area (Å²) in [5.41, 5.74) is 0.524. The summed E-state index contributed by atoms with van der Waals surface area (Å²) in [4.78, 5) is 14.7. The third-order valence-corrected chi connectivity index (χ3v) is 6.14. The van der Waals surface area contributed by atoms with Crippen LogP contribution in [0.5, 0.6) is 0 Å². The van der Waals surface area contributed by atoms with E-state index in [4.69, 9.17) is 0 Å². The summed E-state index contributed by atoms with van der Waals surface area (Å²) in [6.07, 6.45) is 1.80. The number of nitrogens with zero attached hydrogens (tertiary/aromatic N) is 1. The zero-order chi connectivity index (χ0) is 16.6. The molecular formula is C16H23N3O3S. The first-order valence-corrected chi connectivity index (χ1v) is 9.53. The number of hydrogen-bond donors (Lipinski definition) is 2. The van der Waals surface area contributed by atoms with Crippen molar-refractivity contribution in [3.63, 3.8) is 0 Å². The van der Waals surface area contributed by atoms with Gasteiger partial charge in [-0.1, -0.05) is 0 Å². The number of carbonyl (C=O) groups excluding carboxylic acids is 1. The van der Waals surface area contributed by atoms with Crippen LogP contribution >= 0.6 is 0 Å². The number of rotatable bonds is 4. The minimum absolute atomic E-state index is 0.0510. The molecule has 0 bridgehead atoms. The van der Waals surface area contributed by atoms with E-state index in [1.165, 1.54) is 12.1 Å². The van der Waals surface area contributed by atoms with E-state index in [0.717, 1.165) is 19.4 Å². The van der Waals surface area contributed by atoms with Crippen molar-refractivity contribution in [3.8, 4) is 0 Å². The zero-order valence-corrected chi connectivity index (χ0v) is 14.3. The summed E-state index contributed by atoms with van der Waals surface area (Å²) in [5, 5.41) is 3.34. The summed E-state index contributed by atoms with van der Waals surface area (Å²) in [6, 6.07) is 6.64. The van der Waals surface area contributed by atoms with Gasteiger partial charge in [0.15, 0.2) is 0 Å². The maximum atomic E-state index is 12.6. The van der Waals surface area contributed by atoms with Crippen LogP contribution in [0.15, 0.2) is 29.2 Å². The lowest BCUT2D eigenvalue weighted by atomic mass is 10.1. The first kappa shape index (κ1) is 16.4. The van der Waals surface area contributed by atoms with E-state index in [9.17, 15) is 13.2 Å². The molecule has 2 aliphatic rings. The Balaban J connectivity index is 1.75. The lowest BCUT2D eigenvalue weighted by molar-refractivity contribution is 0.0603. The van der Waals surface area contributed by atoms with Crippen LogP contribution < -0.4 is 10.0 Å². The largest absolute Gasteiger partial charge is 0.333 e. The predicted molar refractivity (Wildman–Crippen MR) is 87.7 cm³/mol. The Labute approximate surface area is 137 Å². The minimum Gasteiger partial charge on any atom is -0.333 e. The molecule has 0 spiro atoms. The fourth-order valence-corrected chi connectivity index (χ4v) is 4.08. The quantitative estimate of drug-likeness (QED) is 0.857. The van der Waals surface area contributed by atoms with E-state index in [1.54, 1.807) is 12.1 Å². The molecule has 2 atom stereocenters. The molecule has 1 aromatic carbocycles. The fraction of sp³-hybridized carbons (Fsp3) is 0.562. The second-order valence-corrected chi connectivity index (χ2v) is 8.12. The predicted octanol–water partition coefficient (Wildman–Crippen LogP) is 0.950. The van der Waals surface area contributed by atoms with Crippen molar-refractivity contribution in [2.45, 2.75) is 49.7 Å². The van der Waals surface area contributed by atoms with Crippen molar-refractivity contribution in [3.05, 3.63) is 29.8 Å². The van der Waals surface area contributed by atoms with Gasteiger partial charge in [-0.3, -0.25) is 4.79 Å². The van der Waals surface area contributed by atoms with E-state index >= 15 is 0 Å². The van der Waals surface area contributed by atoms with Crippen LogP contribution in [0, 0.1) is 0 Å². The first-order chi connectivity index (χ1) is 10.9. The maximum absolute atomic E-state index is 12.6. The molecule has 1 aliphatic heterocycles. The molecule has 3 rings (SSSR count). The van der Waals surface area contributed by atoms with Crippen LogP contribution in [0.4, 0.5) is 0 Å². The van der Waals surface area contributed by atoms with Crippen LogP contribution in [0.25, 0.3) is 0 Å². The minimum atomic E-state index is -3.47. The molecule has 1 aromatic rings. The lowest BCUT2D eigenvalue weighted by Gasteiger charge is -2.38. The molecule has 1 saturated heterocycles. The van der Waals surface area contributed by atoms with E-state index < -0.39 is 10.0 Å². The third-order valence-electron chi connectivity index (χ3n) is 4.61. The van der Waals surface area contributed by atoms with Gasteiger partial charge in [0.1, 0.15) is 0 Å². The Morgan fingerprint density at radius 2 is 1.87 bits per heavy atom. The number of hydrogen-bond acceptors (Lipinski definition) is 4. The molecule has 6 nitrogen and oxygen atoms in total. The van der Waals surface area contributed by atoms with Crippen LogP contribution in [-0.4, -0.2) is 50.4 Å². The summed E-state index contributed by atoms with van der Waals surface area (Å²) in [6.45, 7) is 5.51. The van der Waals surface area contributed by atoms with Gasteiger partial charge in [-0.2, -0.15) is 0 Å². The Bertz CT molecular complexity index is 683. The molecule has 2 fully saturated rings. The highest BCUT2D eigenvalue weighted by molar-refractivity contribution is 7.89. The van der Waals surface area contributed by atoms with Gasteiger partial charge in [0, 0.05) is 36.8 Å². The van der Waals surface area contributed by atoms with Gasteiger partial charge < -0.3 is 10.2 Å². The Morgan fingerprint density at radius 1 is 1.22 bits per heavy atom. The summed E-state index contributed by atoms with van der Waals surface area (Å²) in [7, 11) is -3.47. The highest BCUT2D eigenvalue weighted by atomic mass is 32.2. The van der Waals surface area contributed by atoms with Crippen LogP contribution in [-0.2, 0) is 10.0 Å². The maximum Gasteiger partial charge on any atom is 0.254 e. The van der Waals surface area contributed by atoms with E-state index in [0.29, 0.717) is 12.1 Å². The number of piperazine rings is 1. The van der Waals surface area contributed by atoms with Gasteiger partial charge in [-0.15, -0.1) is 0 Å². The van der Waals surface area contributed by atoms with Crippen molar-refractivity contribution in [2.75, 3.05) is 13.1 Å². The molecular weight excluding hydrogens is 314 g/mol. The Morgan fingerprint density at radius 3 is 2.48 bits per heavy atom. The van der Waals surface area contributed by atoms with Gasteiger partial charge in [-0.25, -0.2) is 13.1 Å². The fourth-order valence-electron chi connectivity index (χ4n) is 2.77. The molecule has 7 heteroatoms. The highest BCUT2D eigenvalue weighted by Gasteiger charge is 2.30.